The zero-order valence-corrected chi connectivity index (χ0v) is 12.9. The Morgan fingerprint density at radius 2 is 2.00 bits per heavy atom. The third kappa shape index (κ3) is 3.82. The Morgan fingerprint density at radius 3 is 2.50 bits per heavy atom. The molecule has 0 aliphatic rings. The third-order valence-corrected chi connectivity index (χ3v) is 3.39. The van der Waals surface area contributed by atoms with Gasteiger partial charge in [0.05, 0.1) is 11.7 Å². The van der Waals surface area contributed by atoms with Crippen molar-refractivity contribution in [2.24, 2.45) is 0 Å². The summed E-state index contributed by atoms with van der Waals surface area (Å²) in [5.41, 5.74) is 1.69. The first-order valence-corrected chi connectivity index (χ1v) is 6.87. The van der Waals surface area contributed by atoms with Gasteiger partial charge in [-0.2, -0.15) is 0 Å². The predicted molar refractivity (Wildman–Crippen MR) is 76.7 cm³/mol. The average molecular weight is 314 g/mol. The van der Waals surface area contributed by atoms with Crippen molar-refractivity contribution in [3.8, 4) is 0 Å². The second kappa shape index (κ2) is 6.34. The molecule has 1 rings (SSSR count). The van der Waals surface area contributed by atoms with Crippen LogP contribution in [0.1, 0.15) is 36.7 Å². The van der Waals surface area contributed by atoms with Crippen LogP contribution in [0.15, 0.2) is 22.7 Å². The molecule has 1 N–H and O–H groups in total. The normalized spacial score (nSPS) is 12.6. The molecule has 1 atom stereocenters. The number of amides is 1. The van der Waals surface area contributed by atoms with Crippen LogP contribution >= 0.6 is 15.9 Å². The number of hydrogen-bond donors (Lipinski definition) is 1. The standard InChI is InChI=1S/C14H20BrNO2/c1-9(2)16(8-11(4)17)14(18)12-7-10(3)5-6-13(12)15/h5-7,9,11,17H,8H2,1-4H3. The van der Waals surface area contributed by atoms with Crippen molar-refractivity contribution < 1.29 is 9.90 Å². The zero-order chi connectivity index (χ0) is 13.9. The van der Waals surface area contributed by atoms with Crippen molar-refractivity contribution >= 4 is 21.8 Å². The molecule has 100 valence electrons. The van der Waals surface area contributed by atoms with Crippen LogP contribution in [0.4, 0.5) is 0 Å². The first-order chi connectivity index (χ1) is 8.32. The average Bonchev–Trinajstić information content (AvgIpc) is 2.27. The maximum atomic E-state index is 12.5. The van der Waals surface area contributed by atoms with E-state index in [1.165, 1.54) is 0 Å². The summed E-state index contributed by atoms with van der Waals surface area (Å²) in [6.45, 7) is 7.89. The predicted octanol–water partition coefficient (Wildman–Crippen LogP) is 2.99. The van der Waals surface area contributed by atoms with E-state index in [1.807, 2.05) is 39.0 Å². The lowest BCUT2D eigenvalue weighted by Gasteiger charge is -2.28. The van der Waals surface area contributed by atoms with Gasteiger partial charge in [-0.25, -0.2) is 0 Å². The Bertz CT molecular complexity index is 430. The van der Waals surface area contributed by atoms with Gasteiger partial charge in [-0.1, -0.05) is 11.6 Å². The molecular formula is C14H20BrNO2. The Balaban J connectivity index is 3.05. The number of carbonyl (C=O) groups is 1. The first kappa shape index (κ1) is 15.2. The summed E-state index contributed by atoms with van der Waals surface area (Å²) < 4.78 is 0.786. The molecular weight excluding hydrogens is 294 g/mol. The molecule has 1 aromatic carbocycles. The molecule has 0 heterocycles. The van der Waals surface area contributed by atoms with Crippen LogP contribution in [0.3, 0.4) is 0 Å². The molecule has 3 nitrogen and oxygen atoms in total. The van der Waals surface area contributed by atoms with Crippen molar-refractivity contribution in [1.29, 1.82) is 0 Å². The molecule has 0 spiro atoms. The number of halogens is 1. The molecule has 0 saturated heterocycles. The molecule has 0 aromatic heterocycles. The molecule has 1 aromatic rings. The maximum Gasteiger partial charge on any atom is 0.255 e. The molecule has 0 saturated carbocycles. The summed E-state index contributed by atoms with van der Waals surface area (Å²) in [6, 6.07) is 5.75. The summed E-state index contributed by atoms with van der Waals surface area (Å²) in [4.78, 5) is 14.2. The molecule has 1 amide bonds. The fourth-order valence-corrected chi connectivity index (χ4v) is 2.19. The molecule has 0 bridgehead atoms. The Labute approximate surface area is 117 Å². The fourth-order valence-electron chi connectivity index (χ4n) is 1.77. The number of aliphatic hydroxyl groups is 1. The highest BCUT2D eigenvalue weighted by Gasteiger charge is 2.22. The van der Waals surface area contributed by atoms with Crippen molar-refractivity contribution in [1.82, 2.24) is 4.90 Å². The van der Waals surface area contributed by atoms with Crippen molar-refractivity contribution in [2.75, 3.05) is 6.54 Å². The van der Waals surface area contributed by atoms with Crippen molar-refractivity contribution in [3.63, 3.8) is 0 Å². The van der Waals surface area contributed by atoms with Gasteiger partial charge in [-0.3, -0.25) is 4.79 Å². The van der Waals surface area contributed by atoms with E-state index in [-0.39, 0.29) is 11.9 Å². The van der Waals surface area contributed by atoms with Gasteiger partial charge in [0.25, 0.3) is 5.91 Å². The Kier molecular flexibility index (Phi) is 5.35. The Hall–Kier alpha value is -0.870. The van der Waals surface area contributed by atoms with Crippen LogP contribution in [0, 0.1) is 6.92 Å². The summed E-state index contributed by atoms with van der Waals surface area (Å²) in [6.07, 6.45) is -0.528. The number of hydrogen-bond acceptors (Lipinski definition) is 2. The minimum atomic E-state index is -0.528. The van der Waals surface area contributed by atoms with Crippen LogP contribution in [0.2, 0.25) is 0 Å². The topological polar surface area (TPSA) is 40.5 Å². The molecule has 0 aliphatic heterocycles. The van der Waals surface area contributed by atoms with Gasteiger partial charge >= 0.3 is 0 Å². The van der Waals surface area contributed by atoms with Crippen LogP contribution in [-0.2, 0) is 0 Å². The highest BCUT2D eigenvalue weighted by molar-refractivity contribution is 9.10. The van der Waals surface area contributed by atoms with Crippen LogP contribution in [0.25, 0.3) is 0 Å². The molecule has 0 fully saturated rings. The van der Waals surface area contributed by atoms with Gasteiger partial charge in [0.15, 0.2) is 0 Å². The minimum Gasteiger partial charge on any atom is -0.392 e. The highest BCUT2D eigenvalue weighted by atomic mass is 79.9. The minimum absolute atomic E-state index is 0.0542. The van der Waals surface area contributed by atoms with E-state index in [0.717, 1.165) is 10.0 Å². The highest BCUT2D eigenvalue weighted by Crippen LogP contribution is 2.21. The van der Waals surface area contributed by atoms with Crippen LogP contribution < -0.4 is 0 Å². The van der Waals surface area contributed by atoms with Gasteiger partial charge in [0, 0.05) is 17.1 Å². The summed E-state index contributed by atoms with van der Waals surface area (Å²) >= 11 is 3.40. The third-order valence-electron chi connectivity index (χ3n) is 2.70. The quantitative estimate of drug-likeness (QED) is 0.928. The van der Waals surface area contributed by atoms with Gasteiger partial charge in [0.2, 0.25) is 0 Å². The van der Waals surface area contributed by atoms with Crippen LogP contribution in [0.5, 0.6) is 0 Å². The largest absolute Gasteiger partial charge is 0.392 e. The number of rotatable bonds is 4. The van der Waals surface area contributed by atoms with E-state index in [0.29, 0.717) is 12.1 Å². The van der Waals surface area contributed by atoms with Gasteiger partial charge in [-0.05, 0) is 55.8 Å². The van der Waals surface area contributed by atoms with Gasteiger partial charge in [0.1, 0.15) is 0 Å². The summed E-state index contributed by atoms with van der Waals surface area (Å²) in [5, 5.41) is 9.49. The second-order valence-corrected chi connectivity index (χ2v) is 5.74. The number of aryl methyl sites for hydroxylation is 1. The smallest absolute Gasteiger partial charge is 0.255 e. The maximum absolute atomic E-state index is 12.5. The van der Waals surface area contributed by atoms with Crippen LogP contribution in [-0.4, -0.2) is 34.6 Å². The lowest BCUT2D eigenvalue weighted by atomic mass is 10.1. The number of aliphatic hydroxyl groups excluding tert-OH is 1. The second-order valence-electron chi connectivity index (χ2n) is 4.88. The van der Waals surface area contributed by atoms with E-state index >= 15 is 0 Å². The lowest BCUT2D eigenvalue weighted by molar-refractivity contribution is 0.0578. The van der Waals surface area contributed by atoms with Crippen molar-refractivity contribution in [2.45, 2.75) is 39.8 Å². The van der Waals surface area contributed by atoms with E-state index < -0.39 is 6.10 Å². The summed E-state index contributed by atoms with van der Waals surface area (Å²) in [5.74, 6) is -0.0542. The zero-order valence-electron chi connectivity index (χ0n) is 11.3. The SMILES string of the molecule is Cc1ccc(Br)c(C(=O)N(CC(C)O)C(C)C)c1. The molecule has 18 heavy (non-hydrogen) atoms. The van der Waals surface area contributed by atoms with E-state index in [1.54, 1.807) is 11.8 Å². The summed E-state index contributed by atoms with van der Waals surface area (Å²) in [7, 11) is 0. The van der Waals surface area contributed by atoms with Gasteiger partial charge in [-0.15, -0.1) is 0 Å². The molecule has 0 radical (unpaired) electrons. The number of benzene rings is 1. The monoisotopic (exact) mass is 313 g/mol. The number of carbonyl (C=O) groups excluding carboxylic acids is 1. The van der Waals surface area contributed by atoms with Gasteiger partial charge < -0.3 is 10.0 Å². The molecule has 4 heteroatoms. The van der Waals surface area contributed by atoms with E-state index in [4.69, 9.17) is 0 Å². The molecule has 1 unspecified atom stereocenters. The van der Waals surface area contributed by atoms with Crippen molar-refractivity contribution in [3.05, 3.63) is 33.8 Å². The molecule has 0 aliphatic carbocycles. The lowest BCUT2D eigenvalue weighted by Crippen LogP contribution is -2.41. The van der Waals surface area contributed by atoms with E-state index in [2.05, 4.69) is 15.9 Å². The van der Waals surface area contributed by atoms with E-state index in [9.17, 15) is 9.90 Å². The Morgan fingerprint density at radius 1 is 1.39 bits per heavy atom. The first-order valence-electron chi connectivity index (χ1n) is 6.08. The fraction of sp³-hybridized carbons (Fsp3) is 0.500. The number of nitrogens with zero attached hydrogens (tertiary/aromatic N) is 1.